The Balaban J connectivity index is 3.71. The predicted molar refractivity (Wildman–Crippen MR) is 34.3 cm³/mol. The first-order valence-electron chi connectivity index (χ1n) is 2.51. The van der Waals surface area contributed by atoms with Gasteiger partial charge in [0.1, 0.15) is 6.61 Å². The lowest BCUT2D eigenvalue weighted by Crippen LogP contribution is -1.97. The van der Waals surface area contributed by atoms with E-state index >= 15 is 0 Å². The van der Waals surface area contributed by atoms with Crippen molar-refractivity contribution in [1.29, 1.82) is 0 Å². The molecular weight excluding hydrogens is 116 g/mol. The average molecular weight is 124 g/mol. The van der Waals surface area contributed by atoms with Crippen LogP contribution in [-0.4, -0.2) is 22.9 Å². The van der Waals surface area contributed by atoms with Gasteiger partial charge in [0.25, 0.3) is 0 Å². The maximum absolute atomic E-state index is 8.72. The minimum absolute atomic E-state index is 0.234. The molecule has 0 saturated heterocycles. The van der Waals surface area contributed by atoms with Crippen molar-refractivity contribution in [3.63, 3.8) is 0 Å². The first-order valence-corrected chi connectivity index (χ1v) is 2.51. The number of hydrogen-bond acceptors (Lipinski definition) is 2. The van der Waals surface area contributed by atoms with E-state index in [2.05, 4.69) is 23.7 Å². The van der Waals surface area contributed by atoms with Crippen LogP contribution in [-0.2, 0) is 0 Å². The molecule has 0 bridgehead atoms. The highest BCUT2D eigenvalue weighted by atomic mass is 16.3. The van der Waals surface area contributed by atoms with E-state index in [9.17, 15) is 0 Å². The van der Waals surface area contributed by atoms with Crippen LogP contribution in [0.2, 0.25) is 0 Å². The highest BCUT2D eigenvalue weighted by molar-refractivity contribution is 5.18. The molecule has 0 aliphatic heterocycles. The summed E-state index contributed by atoms with van der Waals surface area (Å²) in [6, 6.07) is 0. The first-order chi connectivity index (χ1) is 4.31. The quantitative estimate of drug-likeness (QED) is 0.422. The summed E-state index contributed by atoms with van der Waals surface area (Å²) >= 11 is 0. The van der Waals surface area contributed by atoms with Crippen molar-refractivity contribution in [1.82, 2.24) is 0 Å². The summed E-state index contributed by atoms with van der Waals surface area (Å²) in [5.74, 6) is 9.49. The van der Waals surface area contributed by atoms with Crippen molar-refractivity contribution in [3.05, 3.63) is 0 Å². The van der Waals surface area contributed by atoms with Gasteiger partial charge in [-0.3, -0.25) is 0 Å². The molecule has 0 aliphatic rings. The minimum Gasteiger partial charge on any atom is -0.384 e. The van der Waals surface area contributed by atoms with Crippen LogP contribution in [0, 0.1) is 23.7 Å². The maximum Gasteiger partial charge on any atom is 0.176 e. The zero-order valence-corrected chi connectivity index (χ0v) is 5.18. The third-order valence-electron chi connectivity index (χ3n) is 0.599. The van der Waals surface area contributed by atoms with Crippen LogP contribution < -0.4 is 0 Å². The van der Waals surface area contributed by atoms with Crippen LogP contribution in [0.5, 0.6) is 0 Å². The molecule has 48 valence electrons. The van der Waals surface area contributed by atoms with Gasteiger partial charge in [-0.25, -0.2) is 0 Å². The molecule has 1 atom stereocenters. The molecule has 0 amide bonds. The SMILES string of the molecule is CC#CC(O)C#CCO. The topological polar surface area (TPSA) is 40.5 Å². The molecule has 2 N–H and O–H groups in total. The van der Waals surface area contributed by atoms with Crippen molar-refractivity contribution in [2.24, 2.45) is 0 Å². The van der Waals surface area contributed by atoms with Crippen LogP contribution in [0.1, 0.15) is 6.92 Å². The van der Waals surface area contributed by atoms with E-state index in [4.69, 9.17) is 10.2 Å². The van der Waals surface area contributed by atoms with E-state index in [-0.39, 0.29) is 6.61 Å². The van der Waals surface area contributed by atoms with E-state index in [1.54, 1.807) is 6.92 Å². The summed E-state index contributed by atoms with van der Waals surface area (Å²) < 4.78 is 0. The Bertz CT molecular complexity index is 175. The average Bonchev–Trinajstić information content (AvgIpc) is 1.85. The van der Waals surface area contributed by atoms with Crippen molar-refractivity contribution in [2.45, 2.75) is 13.0 Å². The van der Waals surface area contributed by atoms with Crippen LogP contribution in [0.25, 0.3) is 0 Å². The molecule has 0 saturated carbocycles. The van der Waals surface area contributed by atoms with Crippen molar-refractivity contribution >= 4 is 0 Å². The second-order valence-electron chi connectivity index (χ2n) is 1.28. The minimum atomic E-state index is -0.915. The normalized spacial score (nSPS) is 10.1. The molecular formula is C7H8O2. The third kappa shape index (κ3) is 4.90. The second-order valence-corrected chi connectivity index (χ2v) is 1.28. The molecule has 0 aromatic rings. The van der Waals surface area contributed by atoms with E-state index in [1.165, 1.54) is 0 Å². The van der Waals surface area contributed by atoms with Crippen molar-refractivity contribution in [3.8, 4) is 23.7 Å². The summed E-state index contributed by atoms with van der Waals surface area (Å²) in [4.78, 5) is 0. The Hall–Kier alpha value is -0.960. The summed E-state index contributed by atoms with van der Waals surface area (Å²) in [5, 5.41) is 16.9. The summed E-state index contributed by atoms with van der Waals surface area (Å²) in [5.41, 5.74) is 0. The van der Waals surface area contributed by atoms with Crippen LogP contribution in [0.15, 0.2) is 0 Å². The molecule has 0 aliphatic carbocycles. The Kier molecular flexibility index (Phi) is 4.63. The van der Waals surface area contributed by atoms with Crippen LogP contribution >= 0.6 is 0 Å². The number of hydrogen-bond donors (Lipinski definition) is 2. The zero-order valence-electron chi connectivity index (χ0n) is 5.18. The standard InChI is InChI=1S/C7H8O2/c1-2-4-7(9)5-3-6-8/h7-9H,6H2,1H3. The fourth-order valence-corrected chi connectivity index (χ4v) is 0.315. The number of rotatable bonds is 0. The van der Waals surface area contributed by atoms with Gasteiger partial charge in [0, 0.05) is 0 Å². The van der Waals surface area contributed by atoms with E-state index in [1.807, 2.05) is 0 Å². The molecule has 0 aromatic heterocycles. The van der Waals surface area contributed by atoms with Gasteiger partial charge in [-0.2, -0.15) is 0 Å². The molecule has 0 radical (unpaired) electrons. The molecule has 0 rings (SSSR count). The number of aliphatic hydroxyl groups is 2. The zero-order chi connectivity index (χ0) is 7.11. The van der Waals surface area contributed by atoms with Crippen LogP contribution in [0.4, 0.5) is 0 Å². The van der Waals surface area contributed by atoms with Gasteiger partial charge in [-0.15, -0.1) is 5.92 Å². The monoisotopic (exact) mass is 124 g/mol. The summed E-state index contributed by atoms with van der Waals surface area (Å²) in [6.45, 7) is 1.38. The fourth-order valence-electron chi connectivity index (χ4n) is 0.315. The van der Waals surface area contributed by atoms with Gasteiger partial charge in [0.15, 0.2) is 6.10 Å². The fraction of sp³-hybridized carbons (Fsp3) is 0.429. The molecule has 0 spiro atoms. The van der Waals surface area contributed by atoms with Gasteiger partial charge in [-0.05, 0) is 6.92 Å². The van der Waals surface area contributed by atoms with Gasteiger partial charge in [0.2, 0.25) is 0 Å². The Morgan fingerprint density at radius 3 is 2.56 bits per heavy atom. The van der Waals surface area contributed by atoms with Crippen molar-refractivity contribution < 1.29 is 10.2 Å². The van der Waals surface area contributed by atoms with Gasteiger partial charge < -0.3 is 10.2 Å². The molecule has 0 heterocycles. The molecule has 9 heavy (non-hydrogen) atoms. The highest BCUT2D eigenvalue weighted by Gasteiger charge is 1.85. The lowest BCUT2D eigenvalue weighted by molar-refractivity contribution is 0.288. The van der Waals surface area contributed by atoms with E-state index in [0.717, 1.165) is 0 Å². The van der Waals surface area contributed by atoms with Gasteiger partial charge in [0.05, 0.1) is 0 Å². The summed E-state index contributed by atoms with van der Waals surface area (Å²) in [6.07, 6.45) is -0.915. The second kappa shape index (κ2) is 5.18. The van der Waals surface area contributed by atoms with Crippen LogP contribution in [0.3, 0.4) is 0 Å². The molecule has 1 unspecified atom stereocenters. The lowest BCUT2D eigenvalue weighted by Gasteiger charge is -1.85. The molecule has 0 aromatic carbocycles. The van der Waals surface area contributed by atoms with E-state index in [0.29, 0.717) is 0 Å². The lowest BCUT2D eigenvalue weighted by atomic mass is 10.3. The first kappa shape index (κ1) is 8.04. The largest absolute Gasteiger partial charge is 0.384 e. The Morgan fingerprint density at radius 1 is 1.44 bits per heavy atom. The van der Waals surface area contributed by atoms with Gasteiger partial charge in [-0.1, -0.05) is 17.8 Å². The molecule has 2 heteroatoms. The predicted octanol–water partition coefficient (Wildman–Crippen LogP) is -0.634. The summed E-state index contributed by atoms with van der Waals surface area (Å²) in [7, 11) is 0. The Labute approximate surface area is 54.5 Å². The van der Waals surface area contributed by atoms with Gasteiger partial charge >= 0.3 is 0 Å². The third-order valence-corrected chi connectivity index (χ3v) is 0.599. The molecule has 0 fully saturated rings. The maximum atomic E-state index is 8.72. The highest BCUT2D eigenvalue weighted by Crippen LogP contribution is 1.72. The smallest absolute Gasteiger partial charge is 0.176 e. The van der Waals surface area contributed by atoms with Crippen molar-refractivity contribution in [2.75, 3.05) is 6.61 Å². The van der Waals surface area contributed by atoms with E-state index < -0.39 is 6.10 Å². The Morgan fingerprint density at radius 2 is 2.11 bits per heavy atom. The number of aliphatic hydroxyl groups excluding tert-OH is 2. The molecule has 2 nitrogen and oxygen atoms in total.